The summed E-state index contributed by atoms with van der Waals surface area (Å²) in [6, 6.07) is 12.5. The van der Waals surface area contributed by atoms with E-state index in [4.69, 9.17) is 13.9 Å². The lowest BCUT2D eigenvalue weighted by Crippen LogP contribution is -2.31. The average molecular weight is 368 g/mol. The minimum Gasteiger partial charge on any atom is -0.460 e. The smallest absolute Gasteiger partial charge is 0.339 e. The lowest BCUT2D eigenvalue weighted by molar-refractivity contribution is -0.124. The number of para-hydroxylation sites is 1. The number of hydrogen-bond acceptors (Lipinski definition) is 6. The van der Waals surface area contributed by atoms with E-state index in [1.807, 2.05) is 31.2 Å². The predicted molar refractivity (Wildman–Crippen MR) is 99.4 cm³/mol. The molecule has 0 aliphatic carbocycles. The van der Waals surface area contributed by atoms with E-state index < -0.39 is 5.97 Å². The molecule has 1 amide bonds. The van der Waals surface area contributed by atoms with Crippen LogP contribution < -0.4 is 5.32 Å². The first-order valence-corrected chi connectivity index (χ1v) is 8.48. The van der Waals surface area contributed by atoms with Crippen LogP contribution in [0.1, 0.15) is 16.1 Å². The first-order chi connectivity index (χ1) is 13.1. The van der Waals surface area contributed by atoms with Crippen molar-refractivity contribution in [3.63, 3.8) is 0 Å². The summed E-state index contributed by atoms with van der Waals surface area (Å²) < 4.78 is 15.6. The van der Waals surface area contributed by atoms with E-state index in [0.717, 1.165) is 5.76 Å². The highest BCUT2D eigenvalue weighted by Gasteiger charge is 2.17. The molecule has 0 bridgehead atoms. The Kier molecular flexibility index (Phi) is 5.83. The number of carbonyl (C=O) groups excluding carboxylic acids is 2. The van der Waals surface area contributed by atoms with Gasteiger partial charge in [0.05, 0.1) is 17.7 Å². The largest absolute Gasteiger partial charge is 0.460 e. The molecule has 7 heteroatoms. The van der Waals surface area contributed by atoms with Gasteiger partial charge in [0.1, 0.15) is 11.5 Å². The van der Waals surface area contributed by atoms with Crippen molar-refractivity contribution >= 4 is 22.8 Å². The molecule has 0 aliphatic heterocycles. The third-order valence-electron chi connectivity index (χ3n) is 3.89. The maximum Gasteiger partial charge on any atom is 0.339 e. The number of rotatable bonds is 7. The molecule has 2 heterocycles. The number of fused-ring (bicyclic) bond motifs is 1. The fourth-order valence-corrected chi connectivity index (χ4v) is 2.60. The van der Waals surface area contributed by atoms with Crippen LogP contribution in [-0.2, 0) is 14.3 Å². The van der Waals surface area contributed by atoms with Crippen molar-refractivity contribution in [2.75, 3.05) is 26.9 Å². The van der Waals surface area contributed by atoms with Crippen LogP contribution in [0.15, 0.2) is 46.9 Å². The molecular formula is C20H20N2O5. The third-order valence-corrected chi connectivity index (χ3v) is 3.89. The van der Waals surface area contributed by atoms with Crippen LogP contribution in [0, 0.1) is 6.92 Å². The second kappa shape index (κ2) is 8.46. The highest BCUT2D eigenvalue weighted by molar-refractivity contribution is 6.05. The van der Waals surface area contributed by atoms with Gasteiger partial charge in [-0.25, -0.2) is 9.78 Å². The molecule has 140 valence electrons. The Balaban J connectivity index is 1.84. The Labute approximate surface area is 156 Å². The number of furan rings is 1. The number of nitrogens with one attached hydrogen (secondary N) is 1. The second-order valence-corrected chi connectivity index (χ2v) is 5.90. The van der Waals surface area contributed by atoms with Crippen LogP contribution in [0.25, 0.3) is 22.4 Å². The molecular weight excluding hydrogens is 348 g/mol. The third kappa shape index (κ3) is 4.51. The number of methoxy groups -OCH3 is 1. The van der Waals surface area contributed by atoms with Crippen molar-refractivity contribution in [3.8, 4) is 11.5 Å². The summed E-state index contributed by atoms with van der Waals surface area (Å²) >= 11 is 0. The molecule has 0 aliphatic rings. The molecule has 1 aromatic carbocycles. The number of nitrogens with zero attached hydrogens (tertiary/aromatic N) is 1. The van der Waals surface area contributed by atoms with Gasteiger partial charge in [-0.05, 0) is 31.2 Å². The van der Waals surface area contributed by atoms with Crippen molar-refractivity contribution in [2.45, 2.75) is 6.92 Å². The normalized spacial score (nSPS) is 10.7. The van der Waals surface area contributed by atoms with Crippen LogP contribution in [0.3, 0.4) is 0 Å². The Morgan fingerprint density at radius 3 is 2.74 bits per heavy atom. The maximum absolute atomic E-state index is 12.6. The minimum absolute atomic E-state index is 0.328. The quantitative estimate of drug-likeness (QED) is 0.509. The summed E-state index contributed by atoms with van der Waals surface area (Å²) in [6.45, 7) is 2.21. The van der Waals surface area contributed by atoms with Gasteiger partial charge in [0, 0.05) is 19.0 Å². The number of hydrogen-bond donors (Lipinski definition) is 1. The SMILES string of the molecule is COCCNC(=O)COC(=O)c1cc(-c2ccc(C)o2)nc2ccccc12. The predicted octanol–water partition coefficient (Wildman–Crippen LogP) is 2.72. The molecule has 0 spiro atoms. The van der Waals surface area contributed by atoms with Gasteiger partial charge in [0.25, 0.3) is 5.91 Å². The summed E-state index contributed by atoms with van der Waals surface area (Å²) in [4.78, 5) is 28.9. The lowest BCUT2D eigenvalue weighted by atomic mass is 10.1. The Bertz CT molecular complexity index is 964. The van der Waals surface area contributed by atoms with Gasteiger partial charge in [-0.15, -0.1) is 0 Å². The second-order valence-electron chi connectivity index (χ2n) is 5.90. The van der Waals surface area contributed by atoms with E-state index in [1.165, 1.54) is 0 Å². The monoisotopic (exact) mass is 368 g/mol. The standard InChI is InChI=1S/C20H20N2O5/c1-13-7-8-18(27-13)17-11-15(14-5-3-4-6-16(14)22-17)20(24)26-12-19(23)21-9-10-25-2/h3-8,11H,9-10,12H2,1-2H3,(H,21,23). The summed E-state index contributed by atoms with van der Waals surface area (Å²) in [6.07, 6.45) is 0. The van der Waals surface area contributed by atoms with E-state index in [1.54, 1.807) is 25.3 Å². The molecule has 3 rings (SSSR count). The molecule has 7 nitrogen and oxygen atoms in total. The molecule has 0 saturated carbocycles. The molecule has 0 saturated heterocycles. The van der Waals surface area contributed by atoms with Gasteiger partial charge in [0.15, 0.2) is 12.4 Å². The fraction of sp³-hybridized carbons (Fsp3) is 0.250. The van der Waals surface area contributed by atoms with E-state index in [0.29, 0.717) is 41.1 Å². The van der Waals surface area contributed by atoms with Crippen molar-refractivity contribution in [1.29, 1.82) is 0 Å². The number of aryl methyl sites for hydroxylation is 1. The van der Waals surface area contributed by atoms with E-state index >= 15 is 0 Å². The van der Waals surface area contributed by atoms with E-state index in [9.17, 15) is 9.59 Å². The van der Waals surface area contributed by atoms with Crippen LogP contribution in [-0.4, -0.2) is 43.7 Å². The van der Waals surface area contributed by atoms with Crippen LogP contribution in [0.5, 0.6) is 0 Å². The number of esters is 1. The number of pyridine rings is 1. The van der Waals surface area contributed by atoms with Gasteiger partial charge >= 0.3 is 5.97 Å². The number of benzene rings is 1. The highest BCUT2D eigenvalue weighted by atomic mass is 16.5. The van der Waals surface area contributed by atoms with Gasteiger partial charge < -0.3 is 19.2 Å². The number of carbonyl (C=O) groups is 2. The Hall–Kier alpha value is -3.19. The average Bonchev–Trinajstić information content (AvgIpc) is 3.12. The molecule has 0 radical (unpaired) electrons. The molecule has 3 aromatic rings. The molecule has 27 heavy (non-hydrogen) atoms. The zero-order chi connectivity index (χ0) is 19.2. The van der Waals surface area contributed by atoms with Crippen LogP contribution in [0.4, 0.5) is 0 Å². The van der Waals surface area contributed by atoms with Crippen LogP contribution >= 0.6 is 0 Å². The van der Waals surface area contributed by atoms with E-state index in [2.05, 4.69) is 10.3 Å². The Morgan fingerprint density at radius 1 is 1.19 bits per heavy atom. The van der Waals surface area contributed by atoms with Gasteiger partial charge in [-0.2, -0.15) is 0 Å². The number of amides is 1. The number of aromatic nitrogens is 1. The number of ether oxygens (including phenoxy) is 2. The van der Waals surface area contributed by atoms with Gasteiger partial charge in [-0.1, -0.05) is 18.2 Å². The van der Waals surface area contributed by atoms with Crippen molar-refractivity contribution in [2.24, 2.45) is 0 Å². The highest BCUT2D eigenvalue weighted by Crippen LogP contribution is 2.26. The zero-order valence-corrected chi connectivity index (χ0v) is 15.2. The van der Waals surface area contributed by atoms with Crippen LogP contribution in [0.2, 0.25) is 0 Å². The molecule has 0 fully saturated rings. The summed E-state index contributed by atoms with van der Waals surface area (Å²) in [5, 5.41) is 3.25. The van der Waals surface area contributed by atoms with Gasteiger partial charge in [0.2, 0.25) is 0 Å². The fourth-order valence-electron chi connectivity index (χ4n) is 2.60. The van der Waals surface area contributed by atoms with Crippen molar-refractivity contribution in [1.82, 2.24) is 10.3 Å². The first-order valence-electron chi connectivity index (χ1n) is 8.48. The first kappa shape index (κ1) is 18.6. The summed E-state index contributed by atoms with van der Waals surface area (Å²) in [5.41, 5.74) is 1.49. The maximum atomic E-state index is 12.6. The molecule has 0 unspecified atom stereocenters. The zero-order valence-electron chi connectivity index (χ0n) is 15.2. The lowest BCUT2D eigenvalue weighted by Gasteiger charge is -2.09. The summed E-state index contributed by atoms with van der Waals surface area (Å²) in [7, 11) is 1.54. The van der Waals surface area contributed by atoms with Crippen molar-refractivity contribution in [3.05, 3.63) is 53.8 Å². The minimum atomic E-state index is -0.597. The molecule has 0 atom stereocenters. The van der Waals surface area contributed by atoms with Crippen molar-refractivity contribution < 1.29 is 23.5 Å². The molecule has 1 N–H and O–H groups in total. The molecule has 2 aromatic heterocycles. The van der Waals surface area contributed by atoms with E-state index in [-0.39, 0.29) is 12.5 Å². The summed E-state index contributed by atoms with van der Waals surface area (Å²) in [5.74, 6) is 0.321. The topological polar surface area (TPSA) is 90.7 Å². The van der Waals surface area contributed by atoms with Gasteiger partial charge in [-0.3, -0.25) is 4.79 Å². The Morgan fingerprint density at radius 2 is 2.00 bits per heavy atom.